The molecule has 15 heavy (non-hydrogen) atoms. The van der Waals surface area contributed by atoms with Gasteiger partial charge in [0.25, 0.3) is 0 Å². The van der Waals surface area contributed by atoms with Gasteiger partial charge < -0.3 is 5.32 Å². The molecule has 1 rings (SSSR count). The lowest BCUT2D eigenvalue weighted by Crippen LogP contribution is -2.31. The molecule has 0 radical (unpaired) electrons. The minimum atomic E-state index is 0.490. The van der Waals surface area contributed by atoms with Crippen LogP contribution in [-0.4, -0.2) is 39.4 Å². The largest absolute Gasteiger partial charge is 0.316 e. The minimum absolute atomic E-state index is 0.490. The highest BCUT2D eigenvalue weighted by Crippen LogP contribution is 2.07. The molecule has 0 aliphatic rings. The van der Waals surface area contributed by atoms with Crippen LogP contribution in [0.15, 0.2) is 6.33 Å². The van der Waals surface area contributed by atoms with E-state index in [2.05, 4.69) is 22.3 Å². The Morgan fingerprint density at radius 2 is 2.40 bits per heavy atom. The van der Waals surface area contributed by atoms with E-state index in [1.165, 1.54) is 12.2 Å². The second kappa shape index (κ2) is 6.85. The first-order valence-corrected chi connectivity index (χ1v) is 6.51. The van der Waals surface area contributed by atoms with Gasteiger partial charge in [0.1, 0.15) is 12.2 Å². The molecule has 0 saturated heterocycles. The van der Waals surface area contributed by atoms with Gasteiger partial charge in [0, 0.05) is 25.3 Å². The van der Waals surface area contributed by atoms with Gasteiger partial charge in [-0.1, -0.05) is 6.92 Å². The topological polar surface area (TPSA) is 42.7 Å². The van der Waals surface area contributed by atoms with E-state index in [0.717, 1.165) is 18.0 Å². The molecule has 1 N–H and O–H groups in total. The minimum Gasteiger partial charge on any atom is -0.316 e. The van der Waals surface area contributed by atoms with Crippen molar-refractivity contribution in [1.82, 2.24) is 20.1 Å². The molecule has 0 bridgehead atoms. The molecule has 0 aromatic carbocycles. The van der Waals surface area contributed by atoms with Crippen LogP contribution in [-0.2, 0) is 13.5 Å². The molecule has 1 unspecified atom stereocenters. The molecular weight excluding hydrogens is 208 g/mol. The quantitative estimate of drug-likeness (QED) is 0.709. The highest BCUT2D eigenvalue weighted by atomic mass is 32.2. The summed E-state index contributed by atoms with van der Waals surface area (Å²) in [7, 11) is 3.95. The Balaban J connectivity index is 2.36. The maximum Gasteiger partial charge on any atom is 0.138 e. The molecule has 0 spiro atoms. The van der Waals surface area contributed by atoms with E-state index in [1.54, 1.807) is 6.33 Å². The smallest absolute Gasteiger partial charge is 0.138 e. The standard InChI is InChI=1S/C10H20N4S/c1-4-5-15-7-9(11-2)6-10-12-8-13-14(10)3/h8-9,11H,4-7H2,1-3H3. The average Bonchev–Trinajstić information content (AvgIpc) is 2.63. The number of likely N-dealkylation sites (N-methyl/N-ethyl adjacent to an activating group) is 1. The maximum absolute atomic E-state index is 4.23. The lowest BCUT2D eigenvalue weighted by molar-refractivity contribution is 0.573. The van der Waals surface area contributed by atoms with Gasteiger partial charge >= 0.3 is 0 Å². The lowest BCUT2D eigenvalue weighted by atomic mass is 10.2. The molecule has 0 saturated carbocycles. The second-order valence-corrected chi connectivity index (χ2v) is 4.71. The zero-order valence-electron chi connectivity index (χ0n) is 9.73. The predicted octanol–water partition coefficient (Wildman–Crippen LogP) is 1.09. The maximum atomic E-state index is 4.23. The Labute approximate surface area is 95.9 Å². The zero-order chi connectivity index (χ0) is 11.1. The Morgan fingerprint density at radius 1 is 1.60 bits per heavy atom. The molecule has 0 aliphatic heterocycles. The molecule has 0 aliphatic carbocycles. The Kier molecular flexibility index (Phi) is 5.71. The average molecular weight is 228 g/mol. The van der Waals surface area contributed by atoms with Gasteiger partial charge in [-0.2, -0.15) is 16.9 Å². The van der Waals surface area contributed by atoms with Gasteiger partial charge in [-0.3, -0.25) is 4.68 Å². The van der Waals surface area contributed by atoms with Gasteiger partial charge in [0.2, 0.25) is 0 Å². The molecule has 1 atom stereocenters. The normalized spacial score (nSPS) is 13.0. The number of thioether (sulfide) groups is 1. The number of aromatic nitrogens is 3. The number of hydrogen-bond acceptors (Lipinski definition) is 4. The van der Waals surface area contributed by atoms with Crippen molar-refractivity contribution >= 4 is 11.8 Å². The summed E-state index contributed by atoms with van der Waals surface area (Å²) in [5.41, 5.74) is 0. The van der Waals surface area contributed by atoms with Crippen molar-refractivity contribution in [3.63, 3.8) is 0 Å². The third-order valence-corrected chi connectivity index (χ3v) is 3.64. The van der Waals surface area contributed by atoms with Crippen LogP contribution < -0.4 is 5.32 Å². The van der Waals surface area contributed by atoms with Crippen molar-refractivity contribution in [3.8, 4) is 0 Å². The van der Waals surface area contributed by atoms with E-state index in [-0.39, 0.29) is 0 Å². The fraction of sp³-hybridized carbons (Fsp3) is 0.800. The van der Waals surface area contributed by atoms with Crippen LogP contribution in [0.3, 0.4) is 0 Å². The first-order chi connectivity index (χ1) is 7.27. The summed E-state index contributed by atoms with van der Waals surface area (Å²) in [6.07, 6.45) is 3.80. The Morgan fingerprint density at radius 3 is 2.93 bits per heavy atom. The van der Waals surface area contributed by atoms with Crippen molar-refractivity contribution < 1.29 is 0 Å². The van der Waals surface area contributed by atoms with E-state index in [9.17, 15) is 0 Å². The van der Waals surface area contributed by atoms with E-state index in [1.807, 2.05) is 30.5 Å². The van der Waals surface area contributed by atoms with Crippen LogP contribution in [0.4, 0.5) is 0 Å². The van der Waals surface area contributed by atoms with Crippen LogP contribution >= 0.6 is 11.8 Å². The molecule has 1 heterocycles. The fourth-order valence-electron chi connectivity index (χ4n) is 1.34. The highest BCUT2D eigenvalue weighted by molar-refractivity contribution is 7.99. The van der Waals surface area contributed by atoms with Crippen molar-refractivity contribution in [1.29, 1.82) is 0 Å². The van der Waals surface area contributed by atoms with E-state index in [0.29, 0.717) is 6.04 Å². The molecule has 5 heteroatoms. The molecule has 0 fully saturated rings. The first-order valence-electron chi connectivity index (χ1n) is 5.35. The number of hydrogen-bond donors (Lipinski definition) is 1. The lowest BCUT2D eigenvalue weighted by Gasteiger charge is -2.14. The van der Waals surface area contributed by atoms with Crippen molar-refractivity contribution in [2.45, 2.75) is 25.8 Å². The van der Waals surface area contributed by atoms with Crippen LogP contribution in [0.1, 0.15) is 19.2 Å². The molecule has 4 nitrogen and oxygen atoms in total. The third kappa shape index (κ3) is 4.22. The number of nitrogens with zero attached hydrogens (tertiary/aromatic N) is 3. The van der Waals surface area contributed by atoms with Crippen LogP contribution in [0.5, 0.6) is 0 Å². The predicted molar refractivity (Wildman–Crippen MR) is 65.2 cm³/mol. The number of aryl methyl sites for hydroxylation is 1. The number of nitrogens with one attached hydrogen (secondary N) is 1. The third-order valence-electron chi connectivity index (χ3n) is 2.31. The van der Waals surface area contributed by atoms with Crippen molar-refractivity contribution in [2.75, 3.05) is 18.6 Å². The van der Waals surface area contributed by atoms with E-state index >= 15 is 0 Å². The van der Waals surface area contributed by atoms with Gasteiger partial charge in [-0.15, -0.1) is 0 Å². The Hall–Kier alpha value is -0.550. The van der Waals surface area contributed by atoms with Crippen LogP contribution in [0, 0.1) is 0 Å². The van der Waals surface area contributed by atoms with Crippen molar-refractivity contribution in [3.05, 3.63) is 12.2 Å². The second-order valence-electron chi connectivity index (χ2n) is 3.56. The summed E-state index contributed by atoms with van der Waals surface area (Å²) in [5.74, 6) is 3.42. The zero-order valence-corrected chi connectivity index (χ0v) is 10.5. The summed E-state index contributed by atoms with van der Waals surface area (Å²) < 4.78 is 1.84. The van der Waals surface area contributed by atoms with Gasteiger partial charge in [-0.25, -0.2) is 4.98 Å². The van der Waals surface area contributed by atoms with Gasteiger partial charge in [-0.05, 0) is 19.2 Å². The van der Waals surface area contributed by atoms with E-state index in [4.69, 9.17) is 0 Å². The van der Waals surface area contributed by atoms with Crippen LogP contribution in [0.2, 0.25) is 0 Å². The van der Waals surface area contributed by atoms with Crippen LogP contribution in [0.25, 0.3) is 0 Å². The Bertz CT molecular complexity index is 274. The van der Waals surface area contributed by atoms with Crippen molar-refractivity contribution in [2.24, 2.45) is 7.05 Å². The van der Waals surface area contributed by atoms with Gasteiger partial charge in [0.05, 0.1) is 0 Å². The summed E-state index contributed by atoms with van der Waals surface area (Å²) in [6.45, 7) is 2.21. The SMILES string of the molecule is CCCSCC(Cc1ncnn1C)NC. The number of rotatable bonds is 7. The first kappa shape index (κ1) is 12.5. The molecule has 1 aromatic heterocycles. The summed E-state index contributed by atoms with van der Waals surface area (Å²) in [4.78, 5) is 4.23. The molecule has 0 amide bonds. The summed E-state index contributed by atoms with van der Waals surface area (Å²) >= 11 is 1.99. The monoisotopic (exact) mass is 228 g/mol. The fourth-order valence-corrected chi connectivity index (χ4v) is 2.36. The highest BCUT2D eigenvalue weighted by Gasteiger charge is 2.10. The molecule has 1 aromatic rings. The molecular formula is C10H20N4S. The molecule has 86 valence electrons. The summed E-state index contributed by atoms with van der Waals surface area (Å²) in [5, 5.41) is 7.40. The van der Waals surface area contributed by atoms with Gasteiger partial charge in [0.15, 0.2) is 0 Å². The summed E-state index contributed by atoms with van der Waals surface area (Å²) in [6, 6.07) is 0.490. The van der Waals surface area contributed by atoms with E-state index < -0.39 is 0 Å².